The molecule has 2 aromatic carbocycles. The zero-order valence-electron chi connectivity index (χ0n) is 15.4. The van der Waals surface area contributed by atoms with Crippen molar-refractivity contribution in [3.63, 3.8) is 0 Å². The van der Waals surface area contributed by atoms with E-state index in [1.165, 1.54) is 57.5 Å². The fraction of sp³-hybridized carbons (Fsp3) is 0.222. The molecule has 0 aliphatic rings. The molecule has 28 heavy (non-hydrogen) atoms. The number of rotatable bonds is 8. The largest absolute Gasteiger partial charge is 0.497 e. The lowest BCUT2D eigenvalue weighted by Gasteiger charge is -2.16. The molecular formula is C18H19N3O6S. The number of nitrogens with one attached hydrogen (secondary N) is 2. The molecule has 0 aromatic heterocycles. The van der Waals surface area contributed by atoms with Crippen molar-refractivity contribution >= 4 is 15.9 Å². The molecule has 148 valence electrons. The normalized spacial score (nSPS) is 11.8. The molecule has 0 radical (unpaired) electrons. The molecule has 0 aliphatic heterocycles. The van der Waals surface area contributed by atoms with Crippen LogP contribution in [0.15, 0.2) is 47.4 Å². The number of carbonyl (C=O) groups is 1. The number of hydrogen-bond acceptors (Lipinski definition) is 7. The third-order valence-corrected chi connectivity index (χ3v) is 4.90. The Morgan fingerprint density at radius 1 is 1.07 bits per heavy atom. The highest BCUT2D eigenvalue weighted by atomic mass is 32.2. The Kier molecular flexibility index (Phi) is 6.81. The summed E-state index contributed by atoms with van der Waals surface area (Å²) in [7, 11) is -1.40. The van der Waals surface area contributed by atoms with Gasteiger partial charge in [-0.15, -0.1) is 4.83 Å². The highest BCUT2D eigenvalue weighted by Crippen LogP contribution is 2.27. The van der Waals surface area contributed by atoms with Gasteiger partial charge in [-0.1, -0.05) is 0 Å². The van der Waals surface area contributed by atoms with Gasteiger partial charge in [-0.2, -0.15) is 5.26 Å². The van der Waals surface area contributed by atoms with E-state index in [4.69, 9.17) is 19.5 Å². The van der Waals surface area contributed by atoms with E-state index in [-0.39, 0.29) is 10.6 Å². The number of ether oxygens (including phenoxy) is 3. The summed E-state index contributed by atoms with van der Waals surface area (Å²) in [5.74, 6) is 0.0446. The van der Waals surface area contributed by atoms with Gasteiger partial charge in [-0.3, -0.25) is 10.2 Å². The summed E-state index contributed by atoms with van der Waals surface area (Å²) in [5.41, 5.74) is 2.55. The molecule has 0 unspecified atom stereocenters. The van der Waals surface area contributed by atoms with E-state index < -0.39 is 22.0 Å². The fourth-order valence-corrected chi connectivity index (χ4v) is 3.17. The van der Waals surface area contributed by atoms with Crippen molar-refractivity contribution in [1.29, 1.82) is 5.26 Å². The van der Waals surface area contributed by atoms with Crippen LogP contribution in [0.4, 0.5) is 0 Å². The van der Waals surface area contributed by atoms with Gasteiger partial charge in [-0.25, -0.2) is 8.42 Å². The van der Waals surface area contributed by atoms with Gasteiger partial charge in [0.15, 0.2) is 6.10 Å². The summed E-state index contributed by atoms with van der Waals surface area (Å²) in [6.45, 7) is 1.45. The van der Waals surface area contributed by atoms with Crippen LogP contribution in [0, 0.1) is 11.3 Å². The van der Waals surface area contributed by atoms with E-state index in [9.17, 15) is 13.2 Å². The topological polar surface area (TPSA) is 127 Å². The van der Waals surface area contributed by atoms with Crippen LogP contribution in [0.1, 0.15) is 12.5 Å². The van der Waals surface area contributed by atoms with E-state index in [1.54, 1.807) is 6.07 Å². The van der Waals surface area contributed by atoms with Gasteiger partial charge < -0.3 is 14.2 Å². The van der Waals surface area contributed by atoms with Gasteiger partial charge >= 0.3 is 0 Å². The first-order valence-corrected chi connectivity index (χ1v) is 9.49. The molecule has 0 saturated carbocycles. The predicted octanol–water partition coefficient (Wildman–Crippen LogP) is 1.35. The fourth-order valence-electron chi connectivity index (χ4n) is 2.13. The Hall–Kier alpha value is -3.29. The third kappa shape index (κ3) is 5.12. The van der Waals surface area contributed by atoms with Crippen LogP contribution in [-0.4, -0.2) is 34.6 Å². The van der Waals surface area contributed by atoms with Crippen LogP contribution in [0.3, 0.4) is 0 Å². The third-order valence-electron chi connectivity index (χ3n) is 3.63. The molecule has 9 nitrogen and oxygen atoms in total. The monoisotopic (exact) mass is 405 g/mol. The molecule has 0 aliphatic carbocycles. The van der Waals surface area contributed by atoms with E-state index in [1.807, 2.05) is 10.9 Å². The van der Waals surface area contributed by atoms with Crippen LogP contribution in [-0.2, 0) is 14.8 Å². The van der Waals surface area contributed by atoms with Crippen molar-refractivity contribution < 1.29 is 27.4 Å². The van der Waals surface area contributed by atoms with Crippen LogP contribution in [0.2, 0.25) is 0 Å². The zero-order valence-corrected chi connectivity index (χ0v) is 16.2. The molecule has 0 heterocycles. The maximum absolute atomic E-state index is 12.5. The Labute approximate surface area is 162 Å². The average molecular weight is 405 g/mol. The Morgan fingerprint density at radius 2 is 1.71 bits per heavy atom. The number of benzene rings is 2. The van der Waals surface area contributed by atoms with Crippen molar-refractivity contribution in [2.75, 3.05) is 14.2 Å². The van der Waals surface area contributed by atoms with Crippen molar-refractivity contribution in [1.82, 2.24) is 10.3 Å². The molecule has 0 spiro atoms. The number of methoxy groups -OCH3 is 2. The van der Waals surface area contributed by atoms with Gasteiger partial charge in [0.1, 0.15) is 22.1 Å². The van der Waals surface area contributed by atoms with Crippen LogP contribution in [0.25, 0.3) is 0 Å². The molecule has 2 N–H and O–H groups in total. The van der Waals surface area contributed by atoms with Gasteiger partial charge in [0.05, 0.1) is 25.9 Å². The highest BCUT2D eigenvalue weighted by Gasteiger charge is 2.23. The first-order valence-electron chi connectivity index (χ1n) is 8.01. The molecule has 2 rings (SSSR count). The lowest BCUT2D eigenvalue weighted by atomic mass is 10.2. The van der Waals surface area contributed by atoms with Crippen molar-refractivity contribution in [3.05, 3.63) is 48.0 Å². The number of carbonyl (C=O) groups excluding carboxylic acids is 1. The minimum absolute atomic E-state index is 0.0874. The summed E-state index contributed by atoms with van der Waals surface area (Å²) < 4.78 is 40.5. The second kappa shape index (κ2) is 9.07. The summed E-state index contributed by atoms with van der Waals surface area (Å²) in [6, 6.07) is 12.4. The molecule has 1 atom stereocenters. The summed E-state index contributed by atoms with van der Waals surface area (Å²) in [5, 5.41) is 8.77. The summed E-state index contributed by atoms with van der Waals surface area (Å²) in [6.07, 6.45) is -0.997. The maximum Gasteiger partial charge on any atom is 0.275 e. The average Bonchev–Trinajstić information content (AvgIpc) is 2.72. The predicted molar refractivity (Wildman–Crippen MR) is 99.3 cm³/mol. The van der Waals surface area contributed by atoms with Crippen molar-refractivity contribution in [2.24, 2.45) is 0 Å². The summed E-state index contributed by atoms with van der Waals surface area (Å²) in [4.78, 5) is 14.0. The van der Waals surface area contributed by atoms with E-state index in [0.717, 1.165) is 0 Å². The lowest BCUT2D eigenvalue weighted by Crippen LogP contribution is -2.47. The highest BCUT2D eigenvalue weighted by molar-refractivity contribution is 7.89. The smallest absolute Gasteiger partial charge is 0.275 e. The Balaban J connectivity index is 2.05. The Morgan fingerprint density at radius 3 is 2.29 bits per heavy atom. The first kappa shape index (κ1) is 21.0. The lowest BCUT2D eigenvalue weighted by molar-refractivity contribution is -0.127. The van der Waals surface area contributed by atoms with Gasteiger partial charge in [-0.05, 0) is 43.3 Å². The molecule has 0 bridgehead atoms. The second-order valence-corrected chi connectivity index (χ2v) is 7.16. The molecule has 0 saturated heterocycles. The summed E-state index contributed by atoms with van der Waals surface area (Å²) >= 11 is 0. The van der Waals surface area contributed by atoms with Crippen LogP contribution < -0.4 is 24.5 Å². The van der Waals surface area contributed by atoms with E-state index in [2.05, 4.69) is 5.43 Å². The minimum atomic E-state index is -4.12. The second-order valence-electron chi connectivity index (χ2n) is 5.51. The standard InChI is InChI=1S/C18H19N3O6S/c1-12(27-14-6-4-13(11-19)5-7-14)18(22)20-21-28(23,24)17-10-15(25-2)8-9-16(17)26-3/h4-10,12,21H,1-3H3,(H,20,22)/t12-/m1/s1. The van der Waals surface area contributed by atoms with Crippen molar-refractivity contribution in [3.8, 4) is 23.3 Å². The minimum Gasteiger partial charge on any atom is -0.497 e. The number of hydrogen-bond donors (Lipinski definition) is 2. The molecule has 0 fully saturated rings. The number of nitriles is 1. The van der Waals surface area contributed by atoms with Gasteiger partial charge in [0.25, 0.3) is 15.9 Å². The van der Waals surface area contributed by atoms with E-state index >= 15 is 0 Å². The molecule has 1 amide bonds. The first-order chi connectivity index (χ1) is 13.3. The number of amides is 1. The van der Waals surface area contributed by atoms with Gasteiger partial charge in [0, 0.05) is 6.07 Å². The zero-order chi connectivity index (χ0) is 20.7. The number of hydrazine groups is 1. The maximum atomic E-state index is 12.5. The van der Waals surface area contributed by atoms with Crippen molar-refractivity contribution in [2.45, 2.75) is 17.9 Å². The van der Waals surface area contributed by atoms with Gasteiger partial charge in [0.2, 0.25) is 0 Å². The van der Waals surface area contributed by atoms with Crippen LogP contribution >= 0.6 is 0 Å². The molecule has 2 aromatic rings. The number of sulfonamides is 1. The Bertz CT molecular complexity index is 983. The molecular weight excluding hydrogens is 386 g/mol. The van der Waals surface area contributed by atoms with E-state index in [0.29, 0.717) is 17.1 Å². The SMILES string of the molecule is COc1ccc(OC)c(S(=O)(=O)NNC(=O)[C@@H](C)Oc2ccc(C#N)cc2)c1. The van der Waals surface area contributed by atoms with Crippen LogP contribution in [0.5, 0.6) is 17.2 Å². The quantitative estimate of drug-likeness (QED) is 0.635. The molecule has 10 heteroatoms. The number of nitrogens with zero attached hydrogens (tertiary/aromatic N) is 1.